The molecule has 0 unspecified atom stereocenters. The predicted octanol–water partition coefficient (Wildman–Crippen LogP) is 3.66. The first-order valence-electron chi connectivity index (χ1n) is 9.32. The zero-order chi connectivity index (χ0) is 22.2. The van der Waals surface area contributed by atoms with Crippen molar-refractivity contribution in [2.45, 2.75) is 6.54 Å². The molecule has 0 fully saturated rings. The molecule has 0 amide bonds. The number of rotatable bonds is 9. The number of aromatic nitrogens is 2. The molecule has 31 heavy (non-hydrogen) atoms. The van der Waals surface area contributed by atoms with Crippen LogP contribution in [-0.4, -0.2) is 53.5 Å². The van der Waals surface area contributed by atoms with Gasteiger partial charge in [0, 0.05) is 25.3 Å². The molecule has 3 rings (SSSR count). The molecule has 3 N–H and O–H groups in total. The average Bonchev–Trinajstić information content (AvgIpc) is 3.23. The number of hydrogen-bond donors (Lipinski definition) is 3. The van der Waals surface area contributed by atoms with Gasteiger partial charge in [-0.3, -0.25) is 0 Å². The highest BCUT2D eigenvalue weighted by atomic mass is 35.5. The predicted molar refractivity (Wildman–Crippen MR) is 115 cm³/mol. The number of amidine groups is 1. The maximum Gasteiger partial charge on any atom is 0.203 e. The summed E-state index contributed by atoms with van der Waals surface area (Å²) in [6, 6.07) is 11.9. The molecule has 1 aromatic heterocycles. The third kappa shape index (κ3) is 6.06. The lowest BCUT2D eigenvalue weighted by Crippen LogP contribution is -2.25. The van der Waals surface area contributed by atoms with Crippen LogP contribution in [0.4, 0.5) is 15.9 Å². The summed E-state index contributed by atoms with van der Waals surface area (Å²) in [5, 5.41) is 26.0. The van der Waals surface area contributed by atoms with Gasteiger partial charge in [-0.2, -0.15) is 0 Å². The van der Waals surface area contributed by atoms with Crippen LogP contribution in [0.3, 0.4) is 0 Å². The molecular formula is C20H22ClFN6O3. The van der Waals surface area contributed by atoms with Gasteiger partial charge in [0.15, 0.2) is 5.69 Å². The van der Waals surface area contributed by atoms with Crippen LogP contribution in [0.2, 0.25) is 5.02 Å². The van der Waals surface area contributed by atoms with E-state index in [1.807, 2.05) is 31.3 Å². The Hall–Kier alpha value is -3.37. The molecule has 0 radical (unpaired) electrons. The van der Waals surface area contributed by atoms with E-state index in [1.54, 1.807) is 7.11 Å². The van der Waals surface area contributed by atoms with Gasteiger partial charge in [-0.25, -0.2) is 9.02 Å². The summed E-state index contributed by atoms with van der Waals surface area (Å²) in [7, 11) is 3.63. The normalized spacial score (nSPS) is 11.6. The fourth-order valence-electron chi connectivity index (χ4n) is 2.79. The number of methoxy groups -OCH3 is 1. The molecule has 1 heterocycles. The number of oxime groups is 1. The molecule has 164 valence electrons. The minimum Gasteiger partial charge on any atom is -0.497 e. The minimum atomic E-state index is -0.557. The number of benzene rings is 2. The van der Waals surface area contributed by atoms with Gasteiger partial charge in [0.1, 0.15) is 11.6 Å². The molecule has 0 saturated heterocycles. The minimum absolute atomic E-state index is 0.0296. The zero-order valence-electron chi connectivity index (χ0n) is 17.0. The van der Waals surface area contributed by atoms with Crippen LogP contribution in [0.15, 0.2) is 52.2 Å². The second kappa shape index (κ2) is 10.6. The van der Waals surface area contributed by atoms with Gasteiger partial charge in [-0.1, -0.05) is 28.9 Å². The van der Waals surface area contributed by atoms with Crippen molar-refractivity contribution in [1.82, 2.24) is 15.2 Å². The lowest BCUT2D eigenvalue weighted by Gasteiger charge is -2.17. The van der Waals surface area contributed by atoms with E-state index in [0.717, 1.165) is 17.9 Å². The van der Waals surface area contributed by atoms with Crippen LogP contribution < -0.4 is 15.4 Å². The Labute approximate surface area is 183 Å². The summed E-state index contributed by atoms with van der Waals surface area (Å²) in [6.07, 6.45) is 0. The fraction of sp³-hybridized carbons (Fsp3) is 0.250. The van der Waals surface area contributed by atoms with E-state index in [1.165, 1.54) is 18.2 Å². The first-order chi connectivity index (χ1) is 15.0. The van der Waals surface area contributed by atoms with Crippen LogP contribution >= 0.6 is 11.6 Å². The molecule has 11 heteroatoms. The van der Waals surface area contributed by atoms with Crippen LogP contribution in [0, 0.1) is 5.82 Å². The van der Waals surface area contributed by atoms with Crippen molar-refractivity contribution in [3.05, 3.63) is 64.6 Å². The molecule has 9 nitrogen and oxygen atoms in total. The fourth-order valence-corrected chi connectivity index (χ4v) is 2.97. The van der Waals surface area contributed by atoms with Gasteiger partial charge in [0.25, 0.3) is 0 Å². The number of likely N-dealkylation sites (N-methyl/N-ethyl adjacent to an activating group) is 1. The molecule has 0 bridgehead atoms. The Morgan fingerprint density at radius 2 is 2.03 bits per heavy atom. The Morgan fingerprint density at radius 3 is 2.71 bits per heavy atom. The lowest BCUT2D eigenvalue weighted by molar-refractivity contribution is 0.304. The molecule has 0 saturated carbocycles. The Morgan fingerprint density at radius 1 is 1.26 bits per heavy atom. The van der Waals surface area contributed by atoms with Crippen molar-refractivity contribution >= 4 is 28.9 Å². The van der Waals surface area contributed by atoms with E-state index in [0.29, 0.717) is 24.6 Å². The van der Waals surface area contributed by atoms with E-state index in [2.05, 4.69) is 31.0 Å². The highest BCUT2D eigenvalue weighted by Crippen LogP contribution is 2.21. The lowest BCUT2D eigenvalue weighted by atomic mass is 10.2. The molecule has 0 aliphatic heterocycles. The molecular weight excluding hydrogens is 427 g/mol. The van der Waals surface area contributed by atoms with Crippen molar-refractivity contribution in [3.63, 3.8) is 0 Å². The third-order valence-electron chi connectivity index (χ3n) is 4.39. The number of ether oxygens (including phenoxy) is 1. The third-order valence-corrected chi connectivity index (χ3v) is 4.68. The van der Waals surface area contributed by atoms with Gasteiger partial charge >= 0.3 is 0 Å². The van der Waals surface area contributed by atoms with Gasteiger partial charge in [-0.05, 0) is 53.3 Å². The summed E-state index contributed by atoms with van der Waals surface area (Å²) in [4.78, 5) is 2.13. The number of hydrogen-bond acceptors (Lipinski definition) is 8. The Balaban J connectivity index is 1.55. The molecule has 3 aromatic rings. The summed E-state index contributed by atoms with van der Waals surface area (Å²) in [5.74, 6) is 0.528. The molecule has 0 spiro atoms. The number of halogens is 2. The van der Waals surface area contributed by atoms with E-state index in [4.69, 9.17) is 21.0 Å². The van der Waals surface area contributed by atoms with Gasteiger partial charge in [-0.15, -0.1) is 0 Å². The van der Waals surface area contributed by atoms with Crippen molar-refractivity contribution < 1.29 is 19.0 Å². The second-order valence-corrected chi connectivity index (χ2v) is 7.08. The van der Waals surface area contributed by atoms with Gasteiger partial charge in [0.2, 0.25) is 11.7 Å². The molecule has 2 aromatic carbocycles. The van der Waals surface area contributed by atoms with Crippen molar-refractivity contribution in [1.29, 1.82) is 0 Å². The monoisotopic (exact) mass is 448 g/mol. The Kier molecular flexibility index (Phi) is 7.63. The van der Waals surface area contributed by atoms with E-state index >= 15 is 0 Å². The van der Waals surface area contributed by atoms with E-state index in [9.17, 15) is 9.60 Å². The highest BCUT2D eigenvalue weighted by molar-refractivity contribution is 6.31. The van der Waals surface area contributed by atoms with Gasteiger partial charge in [0.05, 0.1) is 12.1 Å². The molecule has 0 aliphatic rings. The SMILES string of the molecule is COc1ccc(CN(C)CCNc2nonc2/C(=N/O)Nc2ccc(F)c(Cl)c2)cc1. The second-order valence-electron chi connectivity index (χ2n) is 6.68. The average molecular weight is 449 g/mol. The highest BCUT2D eigenvalue weighted by Gasteiger charge is 2.18. The van der Waals surface area contributed by atoms with Gasteiger partial charge < -0.3 is 25.5 Å². The first-order valence-corrected chi connectivity index (χ1v) is 9.70. The summed E-state index contributed by atoms with van der Waals surface area (Å²) in [5.41, 5.74) is 1.73. The quantitative estimate of drug-likeness (QED) is 0.197. The molecule has 0 aliphatic carbocycles. The first kappa shape index (κ1) is 22.3. The molecule has 0 atom stereocenters. The van der Waals surface area contributed by atoms with Crippen LogP contribution in [0.5, 0.6) is 5.75 Å². The summed E-state index contributed by atoms with van der Waals surface area (Å²) >= 11 is 5.78. The maximum atomic E-state index is 13.3. The summed E-state index contributed by atoms with van der Waals surface area (Å²) in [6.45, 7) is 1.99. The van der Waals surface area contributed by atoms with Crippen LogP contribution in [0.25, 0.3) is 0 Å². The number of anilines is 2. The van der Waals surface area contributed by atoms with Crippen LogP contribution in [0.1, 0.15) is 11.3 Å². The van der Waals surface area contributed by atoms with E-state index in [-0.39, 0.29) is 16.6 Å². The van der Waals surface area contributed by atoms with Crippen molar-refractivity contribution in [2.24, 2.45) is 5.16 Å². The number of nitrogens with one attached hydrogen (secondary N) is 2. The zero-order valence-corrected chi connectivity index (χ0v) is 17.7. The summed E-state index contributed by atoms with van der Waals surface area (Å²) < 4.78 is 23.3. The van der Waals surface area contributed by atoms with Crippen molar-refractivity contribution in [3.8, 4) is 5.75 Å². The maximum absolute atomic E-state index is 13.3. The van der Waals surface area contributed by atoms with E-state index < -0.39 is 5.82 Å². The van der Waals surface area contributed by atoms with Crippen molar-refractivity contribution in [2.75, 3.05) is 37.9 Å². The largest absolute Gasteiger partial charge is 0.497 e. The smallest absolute Gasteiger partial charge is 0.203 e. The van der Waals surface area contributed by atoms with Crippen LogP contribution in [-0.2, 0) is 6.54 Å². The topological polar surface area (TPSA) is 108 Å². The number of nitrogens with zero attached hydrogens (tertiary/aromatic N) is 4. The Bertz CT molecular complexity index is 1030. The standard InChI is InChI=1S/C20H22ClFN6O3/c1-28(12-13-3-6-15(30-2)7-4-13)10-9-23-19-18(26-31-27-19)20(25-29)24-14-5-8-17(22)16(21)11-14/h3-8,11,29H,9-10,12H2,1-2H3,(H,23,27)(H,24,25).